The largest absolute Gasteiger partial charge is 0.394 e. The Bertz CT molecular complexity index is 384. The van der Waals surface area contributed by atoms with Crippen LogP contribution in [-0.4, -0.2) is 36.6 Å². The summed E-state index contributed by atoms with van der Waals surface area (Å²) in [6.07, 6.45) is 0. The van der Waals surface area contributed by atoms with Crippen LogP contribution >= 0.6 is 63.7 Å². The van der Waals surface area contributed by atoms with Crippen molar-refractivity contribution in [3.8, 4) is 0 Å². The van der Waals surface area contributed by atoms with E-state index in [2.05, 4.69) is 63.7 Å². The molecule has 0 aromatic heterocycles. The van der Waals surface area contributed by atoms with E-state index in [-0.39, 0.29) is 26.4 Å². The molecule has 0 aliphatic carbocycles. The van der Waals surface area contributed by atoms with E-state index in [0.29, 0.717) is 13.2 Å². The zero-order valence-electron chi connectivity index (χ0n) is 10.5. The fraction of sp³-hybridized carbons (Fsp3) is 0.500. The van der Waals surface area contributed by atoms with Gasteiger partial charge >= 0.3 is 0 Å². The van der Waals surface area contributed by atoms with Gasteiger partial charge in [0.15, 0.2) is 0 Å². The lowest BCUT2D eigenvalue weighted by Gasteiger charge is -2.16. The van der Waals surface area contributed by atoms with Crippen LogP contribution in [0.4, 0.5) is 0 Å². The summed E-state index contributed by atoms with van der Waals surface area (Å²) in [5.41, 5.74) is 1.87. The van der Waals surface area contributed by atoms with Crippen LogP contribution in [0.3, 0.4) is 0 Å². The van der Waals surface area contributed by atoms with Crippen LogP contribution in [0.2, 0.25) is 0 Å². The van der Waals surface area contributed by atoms with Crippen LogP contribution in [0, 0.1) is 0 Å². The standard InChI is InChI=1S/C12H14Br4O4/c13-9-7(5-19-3-1-17)10(14)12(16)8(11(9)15)6-20-4-2-18/h17-18H,1-6H2. The molecule has 0 saturated heterocycles. The van der Waals surface area contributed by atoms with E-state index in [1.807, 2.05) is 0 Å². The van der Waals surface area contributed by atoms with Crippen LogP contribution in [-0.2, 0) is 22.7 Å². The van der Waals surface area contributed by atoms with Gasteiger partial charge in [-0.3, -0.25) is 0 Å². The molecule has 0 spiro atoms. The first-order chi connectivity index (χ1) is 9.54. The van der Waals surface area contributed by atoms with Crippen molar-refractivity contribution in [3.05, 3.63) is 29.0 Å². The average molecular weight is 542 g/mol. The van der Waals surface area contributed by atoms with E-state index < -0.39 is 0 Å². The fourth-order valence-electron chi connectivity index (χ4n) is 1.45. The van der Waals surface area contributed by atoms with E-state index in [1.54, 1.807) is 0 Å². The molecule has 114 valence electrons. The van der Waals surface area contributed by atoms with E-state index in [0.717, 1.165) is 29.0 Å². The summed E-state index contributed by atoms with van der Waals surface area (Å²) >= 11 is 14.1. The van der Waals surface area contributed by atoms with Crippen LogP contribution in [0.1, 0.15) is 11.1 Å². The Labute approximate surface area is 151 Å². The monoisotopic (exact) mass is 538 g/mol. The van der Waals surface area contributed by atoms with Crippen LogP contribution in [0.15, 0.2) is 17.9 Å². The topological polar surface area (TPSA) is 58.9 Å². The first kappa shape index (κ1) is 19.0. The van der Waals surface area contributed by atoms with Crippen molar-refractivity contribution in [2.45, 2.75) is 13.2 Å². The lowest BCUT2D eigenvalue weighted by molar-refractivity contribution is 0.0791. The van der Waals surface area contributed by atoms with Gasteiger partial charge in [0.2, 0.25) is 0 Å². The van der Waals surface area contributed by atoms with E-state index in [9.17, 15) is 0 Å². The third-order valence-electron chi connectivity index (χ3n) is 2.41. The van der Waals surface area contributed by atoms with Crippen molar-refractivity contribution in [3.63, 3.8) is 0 Å². The molecule has 0 saturated carbocycles. The number of rotatable bonds is 8. The third-order valence-corrected chi connectivity index (χ3v) is 6.97. The highest BCUT2D eigenvalue weighted by atomic mass is 79.9. The highest BCUT2D eigenvalue weighted by Crippen LogP contribution is 2.42. The second-order valence-corrected chi connectivity index (χ2v) is 6.94. The smallest absolute Gasteiger partial charge is 0.0740 e. The quantitative estimate of drug-likeness (QED) is 0.389. The van der Waals surface area contributed by atoms with E-state index in [4.69, 9.17) is 19.7 Å². The summed E-state index contributed by atoms with van der Waals surface area (Å²) in [4.78, 5) is 0. The maximum Gasteiger partial charge on any atom is 0.0740 e. The second-order valence-electron chi connectivity index (χ2n) is 3.77. The molecule has 8 heteroatoms. The Morgan fingerprint density at radius 1 is 0.650 bits per heavy atom. The number of aliphatic hydroxyl groups excluding tert-OH is 2. The molecule has 0 fully saturated rings. The maximum absolute atomic E-state index is 8.75. The van der Waals surface area contributed by atoms with Crippen LogP contribution in [0.5, 0.6) is 0 Å². The van der Waals surface area contributed by atoms with Gasteiger partial charge in [0, 0.05) is 29.0 Å². The Morgan fingerprint density at radius 3 is 1.20 bits per heavy atom. The zero-order chi connectivity index (χ0) is 15.1. The summed E-state index contributed by atoms with van der Waals surface area (Å²) in [6.45, 7) is 1.30. The predicted molar refractivity (Wildman–Crippen MR) is 90.7 cm³/mol. The van der Waals surface area contributed by atoms with Gasteiger partial charge in [0.1, 0.15) is 0 Å². The van der Waals surface area contributed by atoms with Crippen molar-refractivity contribution in [1.29, 1.82) is 0 Å². The molecular weight excluding hydrogens is 528 g/mol. The molecule has 1 aromatic carbocycles. The summed E-state index contributed by atoms with van der Waals surface area (Å²) in [5.74, 6) is 0. The minimum atomic E-state index is -0.00927. The molecule has 1 aromatic rings. The second kappa shape index (κ2) is 9.89. The van der Waals surface area contributed by atoms with Crippen molar-refractivity contribution in [1.82, 2.24) is 0 Å². The normalized spacial score (nSPS) is 11.1. The minimum absolute atomic E-state index is 0.00927. The number of benzene rings is 1. The van der Waals surface area contributed by atoms with Gasteiger partial charge in [0.05, 0.1) is 39.6 Å². The zero-order valence-corrected chi connectivity index (χ0v) is 16.8. The van der Waals surface area contributed by atoms with Crippen molar-refractivity contribution in [2.75, 3.05) is 26.4 Å². The highest BCUT2D eigenvalue weighted by molar-refractivity contribution is 9.14. The number of ether oxygens (including phenoxy) is 2. The van der Waals surface area contributed by atoms with Crippen molar-refractivity contribution < 1.29 is 19.7 Å². The van der Waals surface area contributed by atoms with E-state index in [1.165, 1.54) is 0 Å². The lowest BCUT2D eigenvalue weighted by atomic mass is 10.1. The Balaban J connectivity index is 3.00. The molecule has 0 amide bonds. The molecule has 0 radical (unpaired) electrons. The molecule has 2 N–H and O–H groups in total. The molecular formula is C12H14Br4O4. The van der Waals surface area contributed by atoms with Gasteiger partial charge < -0.3 is 19.7 Å². The van der Waals surface area contributed by atoms with Gasteiger partial charge in [-0.05, 0) is 63.7 Å². The lowest BCUT2D eigenvalue weighted by Crippen LogP contribution is -2.05. The summed E-state index contributed by atoms with van der Waals surface area (Å²) in [6, 6.07) is 0. The van der Waals surface area contributed by atoms with Crippen LogP contribution in [0.25, 0.3) is 0 Å². The first-order valence-electron chi connectivity index (χ1n) is 5.75. The Kier molecular flexibility index (Phi) is 9.41. The molecule has 0 unspecified atom stereocenters. The molecule has 0 aliphatic rings. The molecule has 4 nitrogen and oxygen atoms in total. The number of halogens is 4. The van der Waals surface area contributed by atoms with Gasteiger partial charge in [0.25, 0.3) is 0 Å². The molecule has 0 atom stereocenters. The SMILES string of the molecule is OCCOCc1c(Br)c(Br)c(COCCO)c(Br)c1Br. The van der Waals surface area contributed by atoms with Crippen molar-refractivity contribution >= 4 is 63.7 Å². The number of aliphatic hydroxyl groups is 2. The van der Waals surface area contributed by atoms with Crippen LogP contribution < -0.4 is 0 Å². The molecule has 0 aliphatic heterocycles. The molecule has 20 heavy (non-hydrogen) atoms. The van der Waals surface area contributed by atoms with Gasteiger partial charge in [-0.1, -0.05) is 0 Å². The minimum Gasteiger partial charge on any atom is -0.394 e. The number of hydrogen-bond acceptors (Lipinski definition) is 4. The molecule has 0 bridgehead atoms. The molecule has 1 rings (SSSR count). The van der Waals surface area contributed by atoms with Gasteiger partial charge in [-0.2, -0.15) is 0 Å². The highest BCUT2D eigenvalue weighted by Gasteiger charge is 2.19. The van der Waals surface area contributed by atoms with Crippen molar-refractivity contribution in [2.24, 2.45) is 0 Å². The molecule has 0 heterocycles. The average Bonchev–Trinajstić information content (AvgIpc) is 2.44. The fourth-order valence-corrected chi connectivity index (χ4v) is 4.19. The summed E-state index contributed by atoms with van der Waals surface area (Å²) in [7, 11) is 0. The summed E-state index contributed by atoms with van der Waals surface area (Å²) in [5, 5.41) is 17.5. The summed E-state index contributed by atoms with van der Waals surface area (Å²) < 4.78 is 14.2. The third kappa shape index (κ3) is 5.01. The van der Waals surface area contributed by atoms with Gasteiger partial charge in [-0.25, -0.2) is 0 Å². The van der Waals surface area contributed by atoms with Gasteiger partial charge in [-0.15, -0.1) is 0 Å². The maximum atomic E-state index is 8.75. The Hall–Kier alpha value is 0.980. The van der Waals surface area contributed by atoms with E-state index >= 15 is 0 Å². The first-order valence-corrected chi connectivity index (χ1v) is 8.92. The predicted octanol–water partition coefficient (Wildman–Crippen LogP) is 3.75. The Morgan fingerprint density at radius 2 is 0.950 bits per heavy atom. The number of hydrogen-bond donors (Lipinski definition) is 2.